The second-order valence-corrected chi connectivity index (χ2v) is 4.64. The number of hydrogen-bond donors (Lipinski definition) is 1. The highest BCUT2D eigenvalue weighted by atomic mass is 35.5. The molecule has 2 aromatic carbocycles. The lowest BCUT2D eigenvalue weighted by Gasteiger charge is -1.99. The third-order valence-electron chi connectivity index (χ3n) is 2.53. The molecule has 1 N–H and O–H groups in total. The van der Waals surface area contributed by atoms with Gasteiger partial charge in [0.25, 0.3) is 0 Å². The molecule has 0 amide bonds. The number of benzene rings is 2. The maximum Gasteiger partial charge on any atom is 0.228 e. The van der Waals surface area contributed by atoms with Crippen LogP contribution in [0.3, 0.4) is 0 Å². The SMILES string of the molecule is Oc1ccc2nc(-c3ccc(Cl)cc3Cl)oc2c1. The van der Waals surface area contributed by atoms with E-state index in [1.54, 1.807) is 30.3 Å². The molecule has 90 valence electrons. The van der Waals surface area contributed by atoms with Crippen LogP contribution in [0.1, 0.15) is 0 Å². The minimum absolute atomic E-state index is 0.132. The summed E-state index contributed by atoms with van der Waals surface area (Å²) in [5.41, 5.74) is 1.83. The highest BCUT2D eigenvalue weighted by molar-refractivity contribution is 6.36. The van der Waals surface area contributed by atoms with Crippen molar-refractivity contribution < 1.29 is 9.52 Å². The zero-order chi connectivity index (χ0) is 12.7. The number of rotatable bonds is 1. The molecule has 1 aromatic heterocycles. The third-order valence-corrected chi connectivity index (χ3v) is 3.08. The number of hydrogen-bond acceptors (Lipinski definition) is 3. The number of halogens is 2. The lowest BCUT2D eigenvalue weighted by Crippen LogP contribution is -1.79. The molecule has 0 bridgehead atoms. The van der Waals surface area contributed by atoms with Crippen LogP contribution < -0.4 is 0 Å². The van der Waals surface area contributed by atoms with E-state index in [1.165, 1.54) is 6.07 Å². The van der Waals surface area contributed by atoms with E-state index in [9.17, 15) is 5.11 Å². The lowest BCUT2D eigenvalue weighted by atomic mass is 10.2. The molecule has 3 aromatic rings. The molecule has 3 nitrogen and oxygen atoms in total. The number of phenolic OH excluding ortho intramolecular Hbond substituents is 1. The predicted octanol–water partition coefficient (Wildman–Crippen LogP) is 4.51. The molecule has 3 rings (SSSR count). The average molecular weight is 280 g/mol. The number of aromatic hydroxyl groups is 1. The van der Waals surface area contributed by atoms with Crippen LogP contribution in [0.4, 0.5) is 0 Å². The van der Waals surface area contributed by atoms with E-state index >= 15 is 0 Å². The Balaban J connectivity index is 2.19. The Morgan fingerprint density at radius 1 is 1.06 bits per heavy atom. The van der Waals surface area contributed by atoms with Gasteiger partial charge in [-0.05, 0) is 30.3 Å². The van der Waals surface area contributed by atoms with Crippen LogP contribution in [0.5, 0.6) is 5.75 Å². The van der Waals surface area contributed by atoms with Crippen LogP contribution in [-0.2, 0) is 0 Å². The summed E-state index contributed by atoms with van der Waals surface area (Å²) in [7, 11) is 0. The van der Waals surface area contributed by atoms with Crippen molar-refractivity contribution in [2.75, 3.05) is 0 Å². The summed E-state index contributed by atoms with van der Waals surface area (Å²) in [4.78, 5) is 4.31. The molecular weight excluding hydrogens is 273 g/mol. The van der Waals surface area contributed by atoms with Gasteiger partial charge in [-0.1, -0.05) is 23.2 Å². The van der Waals surface area contributed by atoms with Crippen LogP contribution in [0.25, 0.3) is 22.6 Å². The van der Waals surface area contributed by atoms with Crippen LogP contribution in [0.15, 0.2) is 40.8 Å². The molecule has 0 saturated carbocycles. The molecule has 0 atom stereocenters. The van der Waals surface area contributed by atoms with E-state index in [1.807, 2.05) is 0 Å². The van der Waals surface area contributed by atoms with Gasteiger partial charge in [0.15, 0.2) is 5.58 Å². The Morgan fingerprint density at radius 3 is 2.67 bits per heavy atom. The highest BCUT2D eigenvalue weighted by Gasteiger charge is 2.12. The van der Waals surface area contributed by atoms with Gasteiger partial charge in [-0.15, -0.1) is 0 Å². The fraction of sp³-hybridized carbons (Fsp3) is 0. The second-order valence-electron chi connectivity index (χ2n) is 3.80. The monoisotopic (exact) mass is 279 g/mol. The van der Waals surface area contributed by atoms with Crippen LogP contribution in [-0.4, -0.2) is 10.1 Å². The van der Waals surface area contributed by atoms with Gasteiger partial charge >= 0.3 is 0 Å². The summed E-state index contributed by atoms with van der Waals surface area (Å²) in [6, 6.07) is 9.84. The largest absolute Gasteiger partial charge is 0.508 e. The summed E-state index contributed by atoms with van der Waals surface area (Å²) in [6.45, 7) is 0. The minimum atomic E-state index is 0.132. The minimum Gasteiger partial charge on any atom is -0.508 e. The second kappa shape index (κ2) is 4.19. The van der Waals surface area contributed by atoms with Gasteiger partial charge in [-0.25, -0.2) is 4.98 Å². The van der Waals surface area contributed by atoms with Crippen molar-refractivity contribution >= 4 is 34.3 Å². The highest BCUT2D eigenvalue weighted by Crippen LogP contribution is 2.32. The molecule has 0 unspecified atom stereocenters. The number of nitrogens with zero attached hydrogens (tertiary/aromatic N) is 1. The summed E-state index contributed by atoms with van der Waals surface area (Å²) >= 11 is 11.9. The van der Waals surface area contributed by atoms with Gasteiger partial charge in [0.1, 0.15) is 11.3 Å². The van der Waals surface area contributed by atoms with Gasteiger partial charge in [-0.2, -0.15) is 0 Å². The van der Waals surface area contributed by atoms with E-state index in [0.29, 0.717) is 32.6 Å². The molecule has 0 saturated heterocycles. The predicted molar refractivity (Wildman–Crippen MR) is 71.1 cm³/mol. The standard InChI is InChI=1S/C13H7Cl2NO2/c14-7-1-3-9(10(15)5-7)13-16-11-4-2-8(17)6-12(11)18-13/h1-6,17H. The average Bonchev–Trinajstić information content (AvgIpc) is 2.71. The quantitative estimate of drug-likeness (QED) is 0.713. The zero-order valence-corrected chi connectivity index (χ0v) is 10.5. The Hall–Kier alpha value is -1.71. The topological polar surface area (TPSA) is 46.3 Å². The smallest absolute Gasteiger partial charge is 0.228 e. The van der Waals surface area contributed by atoms with E-state index in [0.717, 1.165) is 0 Å². The lowest BCUT2D eigenvalue weighted by molar-refractivity contribution is 0.474. The van der Waals surface area contributed by atoms with Crippen LogP contribution >= 0.6 is 23.2 Å². The maximum absolute atomic E-state index is 9.37. The van der Waals surface area contributed by atoms with Crippen molar-refractivity contribution in [1.82, 2.24) is 4.98 Å². The fourth-order valence-corrected chi connectivity index (χ4v) is 2.18. The van der Waals surface area contributed by atoms with Crippen molar-refractivity contribution in [3.8, 4) is 17.2 Å². The molecule has 5 heteroatoms. The Kier molecular flexibility index (Phi) is 2.65. The Morgan fingerprint density at radius 2 is 1.89 bits per heavy atom. The van der Waals surface area contributed by atoms with Gasteiger partial charge in [0, 0.05) is 11.1 Å². The molecule has 0 radical (unpaired) electrons. The summed E-state index contributed by atoms with van der Waals surface area (Å²) < 4.78 is 5.56. The van der Waals surface area contributed by atoms with Crippen molar-refractivity contribution in [2.45, 2.75) is 0 Å². The summed E-state index contributed by atoms with van der Waals surface area (Å²) in [6.07, 6.45) is 0. The first-order valence-electron chi connectivity index (χ1n) is 5.18. The maximum atomic E-state index is 9.37. The van der Waals surface area contributed by atoms with E-state index in [2.05, 4.69) is 4.98 Å². The number of oxazole rings is 1. The van der Waals surface area contributed by atoms with Crippen LogP contribution in [0, 0.1) is 0 Å². The van der Waals surface area contributed by atoms with Gasteiger partial charge < -0.3 is 9.52 Å². The molecular formula is C13H7Cl2NO2. The van der Waals surface area contributed by atoms with Crippen LogP contribution in [0.2, 0.25) is 10.0 Å². The summed E-state index contributed by atoms with van der Waals surface area (Å²) in [5, 5.41) is 10.4. The first-order valence-corrected chi connectivity index (χ1v) is 5.94. The Labute approximate surface area is 113 Å². The number of aromatic nitrogens is 1. The molecule has 0 aliphatic rings. The van der Waals surface area contributed by atoms with Crippen molar-refractivity contribution in [3.63, 3.8) is 0 Å². The van der Waals surface area contributed by atoms with E-state index in [-0.39, 0.29) is 5.75 Å². The zero-order valence-electron chi connectivity index (χ0n) is 9.02. The van der Waals surface area contributed by atoms with E-state index < -0.39 is 0 Å². The van der Waals surface area contributed by atoms with Gasteiger partial charge in [0.05, 0.1) is 10.6 Å². The molecule has 18 heavy (non-hydrogen) atoms. The molecule has 0 aliphatic carbocycles. The van der Waals surface area contributed by atoms with Crippen molar-refractivity contribution in [2.24, 2.45) is 0 Å². The Bertz CT molecular complexity index is 737. The van der Waals surface area contributed by atoms with Gasteiger partial charge in [0.2, 0.25) is 5.89 Å². The first-order chi connectivity index (χ1) is 8.63. The van der Waals surface area contributed by atoms with Crippen molar-refractivity contribution in [3.05, 3.63) is 46.4 Å². The fourth-order valence-electron chi connectivity index (χ4n) is 1.69. The molecule has 0 spiro atoms. The number of fused-ring (bicyclic) bond motifs is 1. The van der Waals surface area contributed by atoms with Gasteiger partial charge in [-0.3, -0.25) is 0 Å². The van der Waals surface area contributed by atoms with E-state index in [4.69, 9.17) is 27.6 Å². The molecule has 0 aliphatic heterocycles. The first kappa shape index (κ1) is 11.4. The van der Waals surface area contributed by atoms with Crippen molar-refractivity contribution in [1.29, 1.82) is 0 Å². The molecule has 0 fully saturated rings. The summed E-state index contributed by atoms with van der Waals surface area (Å²) in [5.74, 6) is 0.532. The molecule has 1 heterocycles. The number of phenols is 1. The normalized spacial score (nSPS) is 11.0. The third kappa shape index (κ3) is 1.92.